The van der Waals surface area contributed by atoms with E-state index in [1.54, 1.807) is 13.0 Å². The largest absolute Gasteiger partial charge is 0.295 e. The second-order valence-electron chi connectivity index (χ2n) is 2.90. The molecule has 0 heterocycles. The van der Waals surface area contributed by atoms with Crippen molar-refractivity contribution in [1.29, 1.82) is 0 Å². The average Bonchev–Trinajstić information content (AvgIpc) is 2.02. The molecule has 0 radical (unpaired) electrons. The molecule has 0 aromatic rings. The molecule has 72 valence electrons. The fraction of sp³-hybridized carbons (Fsp3) is 0.364. The molecule has 1 nitrogen and oxygen atoms in total. The van der Waals surface area contributed by atoms with Gasteiger partial charge in [-0.2, -0.15) is 0 Å². The van der Waals surface area contributed by atoms with Crippen molar-refractivity contribution in [2.45, 2.75) is 27.2 Å². The van der Waals surface area contributed by atoms with Crippen LogP contribution in [0.25, 0.3) is 0 Å². The molecule has 0 N–H and O–H groups in total. The van der Waals surface area contributed by atoms with E-state index in [0.29, 0.717) is 12.0 Å². The van der Waals surface area contributed by atoms with E-state index in [2.05, 4.69) is 6.58 Å². The molecule has 0 aliphatic rings. The summed E-state index contributed by atoms with van der Waals surface area (Å²) in [5.74, 6) is -0.478. The maximum absolute atomic E-state index is 12.4. The van der Waals surface area contributed by atoms with Gasteiger partial charge < -0.3 is 0 Å². The van der Waals surface area contributed by atoms with Crippen LogP contribution in [0.3, 0.4) is 0 Å². The first kappa shape index (κ1) is 11.8. The SMILES string of the molecule is C=C(F)/C=C(/C=C(\C)C(C)=O)CC. The van der Waals surface area contributed by atoms with Gasteiger partial charge in [-0.25, -0.2) is 4.39 Å². The molecule has 0 saturated heterocycles. The van der Waals surface area contributed by atoms with Gasteiger partial charge in [-0.05, 0) is 37.5 Å². The Morgan fingerprint density at radius 1 is 1.38 bits per heavy atom. The van der Waals surface area contributed by atoms with Crippen molar-refractivity contribution < 1.29 is 9.18 Å². The lowest BCUT2D eigenvalue weighted by Crippen LogP contribution is -1.92. The average molecular weight is 182 g/mol. The van der Waals surface area contributed by atoms with Crippen molar-refractivity contribution in [3.8, 4) is 0 Å². The molecular formula is C11H15FO. The van der Waals surface area contributed by atoms with Crippen LogP contribution in [-0.4, -0.2) is 5.78 Å². The lowest BCUT2D eigenvalue weighted by molar-refractivity contribution is -0.113. The maximum atomic E-state index is 12.4. The second-order valence-corrected chi connectivity index (χ2v) is 2.90. The summed E-state index contributed by atoms with van der Waals surface area (Å²) in [6.07, 6.45) is 3.72. The number of halogens is 1. The van der Waals surface area contributed by atoms with Gasteiger partial charge in [0.25, 0.3) is 0 Å². The van der Waals surface area contributed by atoms with E-state index in [1.807, 2.05) is 6.92 Å². The summed E-state index contributed by atoms with van der Waals surface area (Å²) in [5.41, 5.74) is 1.41. The Balaban J connectivity index is 4.72. The normalized spacial score (nSPS) is 12.9. The molecule has 0 aliphatic heterocycles. The third kappa shape index (κ3) is 5.12. The van der Waals surface area contributed by atoms with Crippen LogP contribution in [0.2, 0.25) is 0 Å². The molecule has 0 aromatic carbocycles. The molecule has 13 heavy (non-hydrogen) atoms. The van der Waals surface area contributed by atoms with Gasteiger partial charge in [0, 0.05) is 0 Å². The highest BCUT2D eigenvalue weighted by Gasteiger charge is 1.97. The van der Waals surface area contributed by atoms with Crippen LogP contribution in [-0.2, 0) is 4.79 Å². The quantitative estimate of drug-likeness (QED) is 0.481. The van der Waals surface area contributed by atoms with E-state index in [1.165, 1.54) is 13.0 Å². The third-order valence-electron chi connectivity index (χ3n) is 1.71. The second kappa shape index (κ2) is 5.46. The Bertz CT molecular complexity index is 272. The summed E-state index contributed by atoms with van der Waals surface area (Å²) in [7, 11) is 0. The van der Waals surface area contributed by atoms with Gasteiger partial charge in [-0.3, -0.25) is 4.79 Å². The topological polar surface area (TPSA) is 17.1 Å². The number of hydrogen-bond donors (Lipinski definition) is 0. The van der Waals surface area contributed by atoms with Gasteiger partial charge in [-0.15, -0.1) is 0 Å². The Morgan fingerprint density at radius 2 is 1.92 bits per heavy atom. The van der Waals surface area contributed by atoms with E-state index in [0.717, 1.165) is 5.57 Å². The van der Waals surface area contributed by atoms with Gasteiger partial charge in [0.15, 0.2) is 5.78 Å². The zero-order valence-corrected chi connectivity index (χ0v) is 8.36. The van der Waals surface area contributed by atoms with Gasteiger partial charge in [-0.1, -0.05) is 19.6 Å². The summed E-state index contributed by atoms with van der Waals surface area (Å²) < 4.78 is 12.4. The lowest BCUT2D eigenvalue weighted by Gasteiger charge is -1.98. The fourth-order valence-corrected chi connectivity index (χ4v) is 0.827. The molecule has 0 aliphatic carbocycles. The molecule has 0 aromatic heterocycles. The van der Waals surface area contributed by atoms with Crippen molar-refractivity contribution in [2.75, 3.05) is 0 Å². The first-order chi connectivity index (χ1) is 5.97. The zero-order chi connectivity index (χ0) is 10.4. The number of hydrogen-bond acceptors (Lipinski definition) is 1. The number of rotatable bonds is 4. The predicted molar refractivity (Wildman–Crippen MR) is 53.1 cm³/mol. The van der Waals surface area contributed by atoms with Crippen molar-refractivity contribution in [3.63, 3.8) is 0 Å². The minimum atomic E-state index is -0.482. The number of Topliss-reactive ketones (excluding diaryl/α,β-unsaturated/α-hetero) is 1. The monoisotopic (exact) mass is 182 g/mol. The molecular weight excluding hydrogens is 167 g/mol. The minimum absolute atomic E-state index is 0.00354. The van der Waals surface area contributed by atoms with E-state index in [4.69, 9.17) is 0 Å². The van der Waals surface area contributed by atoms with Crippen LogP contribution >= 0.6 is 0 Å². The number of carbonyl (C=O) groups is 1. The van der Waals surface area contributed by atoms with Crippen LogP contribution in [0.4, 0.5) is 4.39 Å². The molecule has 0 atom stereocenters. The van der Waals surface area contributed by atoms with Crippen LogP contribution in [0.5, 0.6) is 0 Å². The summed E-state index contributed by atoms with van der Waals surface area (Å²) in [5, 5.41) is 0. The molecule has 0 spiro atoms. The van der Waals surface area contributed by atoms with Crippen LogP contribution in [0, 0.1) is 0 Å². The van der Waals surface area contributed by atoms with E-state index in [-0.39, 0.29) is 5.78 Å². The fourth-order valence-electron chi connectivity index (χ4n) is 0.827. The minimum Gasteiger partial charge on any atom is -0.295 e. The molecule has 0 amide bonds. The highest BCUT2D eigenvalue weighted by molar-refractivity contribution is 5.93. The Labute approximate surface area is 78.6 Å². The highest BCUT2D eigenvalue weighted by Crippen LogP contribution is 2.10. The number of allylic oxidation sites excluding steroid dienone is 5. The first-order valence-corrected chi connectivity index (χ1v) is 4.21. The molecule has 0 fully saturated rings. The Morgan fingerprint density at radius 3 is 2.23 bits per heavy atom. The van der Waals surface area contributed by atoms with Crippen molar-refractivity contribution >= 4 is 5.78 Å². The van der Waals surface area contributed by atoms with Crippen LogP contribution < -0.4 is 0 Å². The number of carbonyl (C=O) groups excluding carboxylic acids is 1. The van der Waals surface area contributed by atoms with Gasteiger partial charge in [0.2, 0.25) is 0 Å². The van der Waals surface area contributed by atoms with Crippen molar-refractivity contribution in [2.24, 2.45) is 0 Å². The van der Waals surface area contributed by atoms with Crippen molar-refractivity contribution in [1.82, 2.24) is 0 Å². The standard InChI is InChI=1S/C11H15FO/c1-5-11(7-9(3)12)6-8(2)10(4)13/h6-7H,3,5H2,1-2,4H3/b8-6+,11-7+. The predicted octanol–water partition coefficient (Wildman–Crippen LogP) is 3.34. The smallest absolute Gasteiger partial charge is 0.155 e. The van der Waals surface area contributed by atoms with Gasteiger partial charge >= 0.3 is 0 Å². The maximum Gasteiger partial charge on any atom is 0.155 e. The molecule has 0 saturated carbocycles. The van der Waals surface area contributed by atoms with Gasteiger partial charge in [0.05, 0.1) is 0 Å². The summed E-state index contributed by atoms with van der Waals surface area (Å²) in [6, 6.07) is 0. The Kier molecular flexibility index (Phi) is 4.97. The summed E-state index contributed by atoms with van der Waals surface area (Å²) >= 11 is 0. The van der Waals surface area contributed by atoms with E-state index >= 15 is 0 Å². The highest BCUT2D eigenvalue weighted by atomic mass is 19.1. The van der Waals surface area contributed by atoms with Crippen LogP contribution in [0.1, 0.15) is 27.2 Å². The zero-order valence-electron chi connectivity index (χ0n) is 8.36. The first-order valence-electron chi connectivity index (χ1n) is 4.21. The van der Waals surface area contributed by atoms with Gasteiger partial charge in [0.1, 0.15) is 5.83 Å². The summed E-state index contributed by atoms with van der Waals surface area (Å²) in [6.45, 7) is 8.24. The molecule has 0 bridgehead atoms. The van der Waals surface area contributed by atoms with Crippen molar-refractivity contribution in [3.05, 3.63) is 35.7 Å². The third-order valence-corrected chi connectivity index (χ3v) is 1.71. The molecule has 0 rings (SSSR count). The molecule has 0 unspecified atom stereocenters. The van der Waals surface area contributed by atoms with E-state index in [9.17, 15) is 9.18 Å². The van der Waals surface area contributed by atoms with E-state index < -0.39 is 5.83 Å². The van der Waals surface area contributed by atoms with Crippen LogP contribution in [0.15, 0.2) is 35.7 Å². The number of ketones is 1. The lowest BCUT2D eigenvalue weighted by atomic mass is 10.1. The molecule has 2 heteroatoms. The Hall–Kier alpha value is -1.18. The summed E-state index contributed by atoms with van der Waals surface area (Å²) in [4.78, 5) is 10.9.